The Morgan fingerprint density at radius 3 is 2.44 bits per heavy atom. The summed E-state index contributed by atoms with van der Waals surface area (Å²) in [6.45, 7) is 0. The Balaban J connectivity index is 1.56. The van der Waals surface area contributed by atoms with Gasteiger partial charge in [-0.05, 0) is 60.9 Å². The number of hydrogen-bond acceptors (Lipinski definition) is 5. The van der Waals surface area contributed by atoms with Gasteiger partial charge in [0.2, 0.25) is 0 Å². The zero-order valence-electron chi connectivity index (χ0n) is 13.4. The molecule has 0 aromatic heterocycles. The second kappa shape index (κ2) is 6.37. The topological polar surface area (TPSA) is 63.7 Å². The second-order valence-electron chi connectivity index (χ2n) is 5.96. The van der Waals surface area contributed by atoms with E-state index in [0.717, 1.165) is 30.6 Å². The molecule has 0 saturated carbocycles. The molecule has 0 bridgehead atoms. The van der Waals surface area contributed by atoms with E-state index in [0.29, 0.717) is 10.6 Å². The van der Waals surface area contributed by atoms with Crippen molar-refractivity contribution in [2.45, 2.75) is 24.2 Å². The van der Waals surface area contributed by atoms with Gasteiger partial charge in [-0.25, -0.2) is 4.79 Å². The fourth-order valence-corrected chi connectivity index (χ4v) is 4.11. The Morgan fingerprint density at radius 1 is 1.00 bits per heavy atom. The van der Waals surface area contributed by atoms with Gasteiger partial charge in [0.25, 0.3) is 11.8 Å². The van der Waals surface area contributed by atoms with Crippen LogP contribution in [0.2, 0.25) is 0 Å². The van der Waals surface area contributed by atoms with Crippen LogP contribution in [0, 0.1) is 0 Å². The summed E-state index contributed by atoms with van der Waals surface area (Å²) < 4.78 is 0. The van der Waals surface area contributed by atoms with Crippen LogP contribution in [0.1, 0.15) is 49.5 Å². The quantitative estimate of drug-likeness (QED) is 0.774. The number of hydroxylamine groups is 2. The number of nitrogens with zero attached hydrogens (tertiary/aromatic N) is 1. The van der Waals surface area contributed by atoms with E-state index in [9.17, 15) is 14.4 Å². The fraction of sp³-hybridized carbons (Fsp3) is 0.211. The summed E-state index contributed by atoms with van der Waals surface area (Å²) in [5.74, 6) is -0.851. The minimum absolute atomic E-state index is 0.249. The number of rotatable bonds is 2. The molecule has 0 unspecified atom stereocenters. The van der Waals surface area contributed by atoms with Gasteiger partial charge in [-0.2, -0.15) is 0 Å². The van der Waals surface area contributed by atoms with Gasteiger partial charge >= 0.3 is 5.97 Å². The lowest BCUT2D eigenvalue weighted by molar-refractivity contribution is -0.0584. The summed E-state index contributed by atoms with van der Waals surface area (Å²) in [5, 5.41) is 0.549. The fourth-order valence-electron chi connectivity index (χ4n) is 3.03. The first kappa shape index (κ1) is 15.9. The van der Waals surface area contributed by atoms with Crippen LogP contribution in [-0.4, -0.2) is 28.6 Å². The van der Waals surface area contributed by atoms with E-state index in [2.05, 4.69) is 0 Å². The molecule has 5 nitrogen and oxygen atoms in total. The smallest absolute Gasteiger partial charge is 0.324 e. The van der Waals surface area contributed by atoms with Crippen LogP contribution >= 0.6 is 11.8 Å². The Kier molecular flexibility index (Phi) is 4.05. The average Bonchev–Trinajstić information content (AvgIpc) is 2.81. The molecule has 4 rings (SSSR count). The normalized spacial score (nSPS) is 16.2. The molecule has 2 aromatic carbocycles. The van der Waals surface area contributed by atoms with Gasteiger partial charge in [-0.15, -0.1) is 11.8 Å². The molecule has 126 valence electrons. The van der Waals surface area contributed by atoms with Crippen LogP contribution in [0.25, 0.3) is 0 Å². The van der Waals surface area contributed by atoms with Gasteiger partial charge in [-0.1, -0.05) is 17.2 Å². The van der Waals surface area contributed by atoms with Gasteiger partial charge in [0.05, 0.1) is 16.7 Å². The Hall–Kier alpha value is -2.60. The maximum Gasteiger partial charge on any atom is 0.363 e. The summed E-state index contributed by atoms with van der Waals surface area (Å²) in [6, 6.07) is 11.8. The number of carbonyl (C=O) groups is 3. The number of imide groups is 1. The maximum absolute atomic E-state index is 12.4. The third-order valence-corrected chi connectivity index (χ3v) is 5.53. The molecule has 2 aliphatic heterocycles. The molecule has 2 aliphatic rings. The van der Waals surface area contributed by atoms with Crippen LogP contribution in [0.3, 0.4) is 0 Å². The Labute approximate surface area is 148 Å². The molecule has 0 radical (unpaired) electrons. The number of carbonyl (C=O) groups excluding carboxylic acids is 3. The van der Waals surface area contributed by atoms with Crippen LogP contribution in [-0.2, 0) is 11.3 Å². The van der Waals surface area contributed by atoms with E-state index < -0.39 is 17.8 Å². The van der Waals surface area contributed by atoms with Crippen molar-refractivity contribution >= 4 is 29.5 Å². The predicted molar refractivity (Wildman–Crippen MR) is 92.5 cm³/mol. The first-order valence-electron chi connectivity index (χ1n) is 8.11. The van der Waals surface area contributed by atoms with Crippen molar-refractivity contribution in [2.75, 3.05) is 5.75 Å². The predicted octanol–water partition coefficient (Wildman–Crippen LogP) is 3.48. The standard InChI is InChI=1S/C19H15NO4S/c21-17-14-6-1-2-7-15(14)18(22)20(17)24-19(23)13-8-9-16-12(11-13)5-3-4-10-25-16/h1-2,6-9,11H,3-5,10H2. The van der Waals surface area contributed by atoms with E-state index in [4.69, 9.17) is 4.84 Å². The van der Waals surface area contributed by atoms with Crippen molar-refractivity contribution in [3.63, 3.8) is 0 Å². The molecule has 0 N–H and O–H groups in total. The van der Waals surface area contributed by atoms with E-state index in [-0.39, 0.29) is 11.1 Å². The van der Waals surface area contributed by atoms with E-state index >= 15 is 0 Å². The Morgan fingerprint density at radius 2 is 1.72 bits per heavy atom. The number of thioether (sulfide) groups is 1. The number of fused-ring (bicyclic) bond motifs is 2. The van der Waals surface area contributed by atoms with Crippen LogP contribution in [0.4, 0.5) is 0 Å². The number of benzene rings is 2. The van der Waals surface area contributed by atoms with Gasteiger partial charge in [0.1, 0.15) is 0 Å². The molecular weight excluding hydrogens is 338 g/mol. The molecule has 2 aromatic rings. The van der Waals surface area contributed by atoms with E-state index in [1.807, 2.05) is 6.07 Å². The number of hydrogen-bond donors (Lipinski definition) is 0. The second-order valence-corrected chi connectivity index (χ2v) is 7.09. The van der Waals surface area contributed by atoms with Gasteiger partial charge in [0.15, 0.2) is 0 Å². The number of aryl methyl sites for hydroxylation is 1. The summed E-state index contributed by atoms with van der Waals surface area (Å²) >= 11 is 1.78. The van der Waals surface area contributed by atoms with Gasteiger partial charge in [-0.3, -0.25) is 9.59 Å². The monoisotopic (exact) mass is 353 g/mol. The lowest BCUT2D eigenvalue weighted by atomic mass is 10.1. The summed E-state index contributed by atoms with van der Waals surface area (Å²) in [4.78, 5) is 43.3. The zero-order chi connectivity index (χ0) is 17.4. The first-order chi connectivity index (χ1) is 12.1. The molecule has 0 atom stereocenters. The van der Waals surface area contributed by atoms with Crippen LogP contribution in [0.15, 0.2) is 47.4 Å². The molecule has 25 heavy (non-hydrogen) atoms. The highest BCUT2D eigenvalue weighted by molar-refractivity contribution is 7.99. The lowest BCUT2D eigenvalue weighted by Crippen LogP contribution is -2.32. The van der Waals surface area contributed by atoms with Crippen molar-refractivity contribution in [3.05, 3.63) is 64.7 Å². The highest BCUT2D eigenvalue weighted by Gasteiger charge is 2.38. The highest BCUT2D eigenvalue weighted by atomic mass is 32.2. The van der Waals surface area contributed by atoms with Gasteiger partial charge < -0.3 is 4.84 Å². The first-order valence-corrected chi connectivity index (χ1v) is 9.09. The van der Waals surface area contributed by atoms with Crippen LogP contribution in [0.5, 0.6) is 0 Å². The summed E-state index contributed by atoms with van der Waals surface area (Å²) in [5.41, 5.74) is 1.95. The van der Waals surface area contributed by atoms with Crippen molar-refractivity contribution in [3.8, 4) is 0 Å². The van der Waals surface area contributed by atoms with Crippen molar-refractivity contribution < 1.29 is 19.2 Å². The number of amides is 2. The molecular formula is C19H15NO4S. The summed E-state index contributed by atoms with van der Waals surface area (Å²) in [7, 11) is 0. The molecule has 6 heteroatoms. The molecule has 2 amide bonds. The molecule has 0 spiro atoms. The minimum atomic E-state index is -0.702. The van der Waals surface area contributed by atoms with Gasteiger partial charge in [0, 0.05) is 4.90 Å². The third-order valence-electron chi connectivity index (χ3n) is 4.33. The summed E-state index contributed by atoms with van der Waals surface area (Å²) in [6.07, 6.45) is 3.14. The third kappa shape index (κ3) is 2.82. The van der Waals surface area contributed by atoms with E-state index in [1.165, 1.54) is 4.90 Å². The van der Waals surface area contributed by atoms with Crippen molar-refractivity contribution in [2.24, 2.45) is 0 Å². The zero-order valence-corrected chi connectivity index (χ0v) is 14.2. The SMILES string of the molecule is O=C(ON1C(=O)c2ccccc2C1=O)c1ccc2c(c1)CCCCS2. The van der Waals surface area contributed by atoms with Crippen molar-refractivity contribution in [1.82, 2.24) is 5.06 Å². The molecule has 0 aliphatic carbocycles. The average molecular weight is 353 g/mol. The highest BCUT2D eigenvalue weighted by Crippen LogP contribution is 2.30. The molecule has 0 saturated heterocycles. The Bertz CT molecular complexity index is 858. The molecule has 0 fully saturated rings. The lowest BCUT2D eigenvalue weighted by Gasteiger charge is -2.13. The van der Waals surface area contributed by atoms with Crippen molar-refractivity contribution in [1.29, 1.82) is 0 Å². The van der Waals surface area contributed by atoms with E-state index in [1.54, 1.807) is 48.2 Å². The van der Waals surface area contributed by atoms with Crippen LogP contribution < -0.4 is 0 Å². The maximum atomic E-state index is 12.4. The minimum Gasteiger partial charge on any atom is -0.324 e. The molecule has 2 heterocycles. The largest absolute Gasteiger partial charge is 0.363 e.